The van der Waals surface area contributed by atoms with Crippen LogP contribution in [0.4, 0.5) is 5.82 Å². The normalized spacial score (nSPS) is 12.7. The van der Waals surface area contributed by atoms with Crippen LogP contribution >= 0.6 is 0 Å². The Morgan fingerprint density at radius 1 is 1.23 bits per heavy atom. The van der Waals surface area contributed by atoms with E-state index in [1.165, 1.54) is 0 Å². The van der Waals surface area contributed by atoms with Gasteiger partial charge in [-0.3, -0.25) is 9.36 Å². The number of carbonyl (C=O) groups excluding carboxylic acids is 1. The smallest absolute Gasteiger partial charge is 0.254 e. The fraction of sp³-hybridized carbons (Fsp3) is 0.167. The number of carbonyl (C=O) groups is 1. The fourth-order valence-corrected chi connectivity index (χ4v) is 3.28. The van der Waals surface area contributed by atoms with Crippen molar-refractivity contribution in [3.63, 3.8) is 0 Å². The highest BCUT2D eigenvalue weighted by molar-refractivity contribution is 6.06. The Kier molecular flexibility index (Phi) is 3.45. The SMILES string of the molecule is Cc1cc2c(C(N)=O)cccc2n1-c1nc(N)c2ccc(C(C)O)n2n1. The number of aliphatic hydroxyl groups is 1. The molecule has 5 N–H and O–H groups in total. The summed E-state index contributed by atoms with van der Waals surface area (Å²) in [6.45, 7) is 3.55. The summed E-state index contributed by atoms with van der Waals surface area (Å²) in [6, 6.07) is 10.7. The molecule has 1 atom stereocenters. The molecule has 4 rings (SSSR count). The number of hydrogen-bond acceptors (Lipinski definition) is 5. The zero-order valence-corrected chi connectivity index (χ0v) is 14.3. The lowest BCUT2D eigenvalue weighted by Crippen LogP contribution is -2.12. The van der Waals surface area contributed by atoms with Gasteiger partial charge in [-0.25, -0.2) is 4.52 Å². The van der Waals surface area contributed by atoms with Gasteiger partial charge in [-0.2, -0.15) is 4.98 Å². The summed E-state index contributed by atoms with van der Waals surface area (Å²) in [5.41, 5.74) is 14.8. The van der Waals surface area contributed by atoms with Crippen LogP contribution in [0, 0.1) is 6.92 Å². The van der Waals surface area contributed by atoms with Crippen molar-refractivity contribution in [2.45, 2.75) is 20.0 Å². The van der Waals surface area contributed by atoms with Crippen molar-refractivity contribution in [2.75, 3.05) is 5.73 Å². The number of amides is 1. The number of hydrogen-bond donors (Lipinski definition) is 3. The van der Waals surface area contributed by atoms with Gasteiger partial charge in [0.1, 0.15) is 5.52 Å². The van der Waals surface area contributed by atoms with Crippen molar-refractivity contribution in [1.29, 1.82) is 0 Å². The monoisotopic (exact) mass is 350 g/mol. The molecule has 0 saturated heterocycles. The van der Waals surface area contributed by atoms with Gasteiger partial charge in [0, 0.05) is 16.6 Å². The highest BCUT2D eigenvalue weighted by atomic mass is 16.3. The van der Waals surface area contributed by atoms with Gasteiger partial charge in [0.15, 0.2) is 5.82 Å². The molecule has 0 spiro atoms. The van der Waals surface area contributed by atoms with Crippen LogP contribution in [0.15, 0.2) is 36.4 Å². The molecule has 0 fully saturated rings. The largest absolute Gasteiger partial charge is 0.387 e. The second-order valence-electron chi connectivity index (χ2n) is 6.25. The summed E-state index contributed by atoms with van der Waals surface area (Å²) in [5, 5.41) is 15.2. The maximum atomic E-state index is 11.7. The standard InChI is InChI=1S/C18H18N6O2/c1-9-8-12-11(17(20)26)4-3-5-14(12)23(9)18-21-16(19)15-7-6-13(10(2)25)24(15)22-18/h3-8,10,25H,1-2H3,(H2,20,26)(H2,19,21,22). The Morgan fingerprint density at radius 3 is 2.69 bits per heavy atom. The number of nitrogens with zero attached hydrogens (tertiary/aromatic N) is 4. The predicted octanol–water partition coefficient (Wildman–Crippen LogP) is 1.72. The van der Waals surface area contributed by atoms with Crippen LogP contribution in [0.1, 0.15) is 34.8 Å². The molecule has 1 amide bonds. The average Bonchev–Trinajstić information content (AvgIpc) is 3.14. The Balaban J connectivity index is 2.04. The summed E-state index contributed by atoms with van der Waals surface area (Å²) in [5.74, 6) is 0.155. The molecule has 0 bridgehead atoms. The fourth-order valence-electron chi connectivity index (χ4n) is 3.28. The minimum atomic E-state index is -0.705. The molecule has 1 unspecified atom stereocenters. The molecular weight excluding hydrogens is 332 g/mol. The minimum Gasteiger partial charge on any atom is -0.387 e. The van der Waals surface area contributed by atoms with E-state index in [-0.39, 0.29) is 0 Å². The van der Waals surface area contributed by atoms with E-state index >= 15 is 0 Å². The van der Waals surface area contributed by atoms with Gasteiger partial charge < -0.3 is 16.6 Å². The molecule has 0 aliphatic rings. The molecule has 4 aromatic rings. The highest BCUT2D eigenvalue weighted by Gasteiger charge is 2.18. The van der Waals surface area contributed by atoms with Crippen molar-refractivity contribution in [3.8, 4) is 5.95 Å². The third-order valence-electron chi connectivity index (χ3n) is 4.48. The predicted molar refractivity (Wildman–Crippen MR) is 98.1 cm³/mol. The van der Waals surface area contributed by atoms with Crippen molar-refractivity contribution in [2.24, 2.45) is 5.73 Å². The van der Waals surface area contributed by atoms with Crippen LogP contribution < -0.4 is 11.5 Å². The Morgan fingerprint density at radius 2 is 2.00 bits per heavy atom. The summed E-state index contributed by atoms with van der Waals surface area (Å²) < 4.78 is 3.40. The molecule has 0 aliphatic carbocycles. The summed E-state index contributed by atoms with van der Waals surface area (Å²) >= 11 is 0. The van der Waals surface area contributed by atoms with Gasteiger partial charge in [0.05, 0.1) is 17.3 Å². The van der Waals surface area contributed by atoms with E-state index in [0.29, 0.717) is 28.5 Å². The van der Waals surface area contributed by atoms with E-state index in [9.17, 15) is 9.90 Å². The van der Waals surface area contributed by atoms with Crippen LogP contribution in [0.25, 0.3) is 22.4 Å². The Labute approximate surface area is 148 Å². The molecule has 26 heavy (non-hydrogen) atoms. The lowest BCUT2D eigenvalue weighted by molar-refractivity contribution is 0.100. The number of aryl methyl sites for hydroxylation is 1. The summed E-state index contributed by atoms with van der Waals surface area (Å²) in [6.07, 6.45) is -0.705. The van der Waals surface area contributed by atoms with E-state index in [1.54, 1.807) is 35.7 Å². The van der Waals surface area contributed by atoms with Crippen molar-refractivity contribution in [1.82, 2.24) is 19.2 Å². The minimum absolute atomic E-state index is 0.300. The molecule has 8 heteroatoms. The van der Waals surface area contributed by atoms with Crippen LogP contribution in [-0.2, 0) is 0 Å². The number of nitrogens with two attached hydrogens (primary N) is 2. The number of nitrogen functional groups attached to an aromatic ring is 1. The summed E-state index contributed by atoms with van der Waals surface area (Å²) in [7, 11) is 0. The number of rotatable bonds is 3. The third kappa shape index (κ3) is 2.23. The number of fused-ring (bicyclic) bond motifs is 2. The molecule has 0 aliphatic heterocycles. The lowest BCUT2D eigenvalue weighted by Gasteiger charge is -2.11. The van der Waals surface area contributed by atoms with E-state index in [1.807, 2.05) is 23.6 Å². The second-order valence-corrected chi connectivity index (χ2v) is 6.25. The summed E-state index contributed by atoms with van der Waals surface area (Å²) in [4.78, 5) is 16.1. The number of anilines is 1. The van der Waals surface area contributed by atoms with Crippen LogP contribution in [-0.4, -0.2) is 30.2 Å². The number of aromatic nitrogens is 4. The van der Waals surface area contributed by atoms with Gasteiger partial charge in [-0.15, -0.1) is 5.10 Å². The molecule has 1 aromatic carbocycles. The molecule has 0 saturated carbocycles. The van der Waals surface area contributed by atoms with Crippen LogP contribution in [0.5, 0.6) is 0 Å². The van der Waals surface area contributed by atoms with Crippen molar-refractivity contribution in [3.05, 3.63) is 53.3 Å². The number of aliphatic hydroxyl groups excluding tert-OH is 1. The first-order valence-corrected chi connectivity index (χ1v) is 8.13. The molecule has 8 nitrogen and oxygen atoms in total. The van der Waals surface area contributed by atoms with Gasteiger partial charge in [0.2, 0.25) is 5.91 Å². The maximum absolute atomic E-state index is 11.7. The van der Waals surface area contributed by atoms with E-state index in [4.69, 9.17) is 11.5 Å². The molecule has 3 heterocycles. The molecule has 132 valence electrons. The zero-order chi connectivity index (χ0) is 18.6. The molecule has 0 radical (unpaired) electrons. The first kappa shape index (κ1) is 16.1. The van der Waals surface area contributed by atoms with E-state index in [2.05, 4.69) is 10.1 Å². The van der Waals surface area contributed by atoms with Gasteiger partial charge >= 0.3 is 0 Å². The first-order valence-electron chi connectivity index (χ1n) is 8.13. The second kappa shape index (κ2) is 5.57. The van der Waals surface area contributed by atoms with Gasteiger partial charge in [-0.05, 0) is 44.2 Å². The highest BCUT2D eigenvalue weighted by Crippen LogP contribution is 2.27. The Bertz CT molecular complexity index is 1170. The quantitative estimate of drug-likeness (QED) is 0.519. The maximum Gasteiger partial charge on any atom is 0.254 e. The lowest BCUT2D eigenvalue weighted by atomic mass is 10.1. The molecule has 3 aromatic heterocycles. The van der Waals surface area contributed by atoms with Crippen molar-refractivity contribution >= 4 is 28.1 Å². The first-order chi connectivity index (χ1) is 12.4. The van der Waals surface area contributed by atoms with Crippen LogP contribution in [0.2, 0.25) is 0 Å². The van der Waals surface area contributed by atoms with Crippen molar-refractivity contribution < 1.29 is 9.90 Å². The zero-order valence-electron chi connectivity index (χ0n) is 14.3. The number of benzene rings is 1. The topological polar surface area (TPSA) is 124 Å². The van der Waals surface area contributed by atoms with Gasteiger partial charge in [0.25, 0.3) is 5.95 Å². The van der Waals surface area contributed by atoms with Gasteiger partial charge in [-0.1, -0.05) is 6.07 Å². The molecular formula is C18H18N6O2. The van der Waals surface area contributed by atoms with E-state index in [0.717, 1.165) is 16.6 Å². The average molecular weight is 350 g/mol. The number of primary amides is 1. The third-order valence-corrected chi connectivity index (χ3v) is 4.48. The van der Waals surface area contributed by atoms with E-state index < -0.39 is 12.0 Å². The van der Waals surface area contributed by atoms with Crippen LogP contribution in [0.3, 0.4) is 0 Å². The Hall–Kier alpha value is -3.39.